The van der Waals surface area contributed by atoms with Crippen molar-refractivity contribution in [3.63, 3.8) is 0 Å². The predicted molar refractivity (Wildman–Crippen MR) is 83.3 cm³/mol. The molecule has 1 aromatic heterocycles. The molecule has 0 saturated carbocycles. The van der Waals surface area contributed by atoms with E-state index in [0.717, 1.165) is 17.7 Å². The zero-order valence-electron chi connectivity index (χ0n) is 12.6. The average Bonchev–Trinajstić information content (AvgIpc) is 2.54. The Morgan fingerprint density at radius 2 is 1.95 bits per heavy atom. The normalized spacial score (nSPS) is 11.7. The van der Waals surface area contributed by atoms with Gasteiger partial charge in [0.25, 0.3) is 0 Å². The number of anilines is 1. The Morgan fingerprint density at radius 1 is 1.23 bits per heavy atom. The van der Waals surface area contributed by atoms with E-state index in [-0.39, 0.29) is 11.7 Å². The minimum Gasteiger partial charge on any atom is -0.494 e. The molecule has 116 valence electrons. The van der Waals surface area contributed by atoms with Gasteiger partial charge in [0, 0.05) is 0 Å². The fourth-order valence-corrected chi connectivity index (χ4v) is 2.08. The fraction of sp³-hybridized carbons (Fsp3) is 0.312. The number of nitrogens with one attached hydrogen (secondary N) is 1. The van der Waals surface area contributed by atoms with Crippen LogP contribution in [0.15, 0.2) is 36.7 Å². The molecule has 1 aromatic carbocycles. The lowest BCUT2D eigenvalue weighted by Gasteiger charge is -2.18. The number of hydrogen-bond acceptors (Lipinski definition) is 5. The van der Waals surface area contributed by atoms with Crippen molar-refractivity contribution >= 4 is 11.8 Å². The van der Waals surface area contributed by atoms with Crippen molar-refractivity contribution in [1.29, 1.82) is 0 Å². The van der Waals surface area contributed by atoms with Gasteiger partial charge in [-0.05, 0) is 31.0 Å². The van der Waals surface area contributed by atoms with Gasteiger partial charge in [0.15, 0.2) is 5.69 Å². The summed E-state index contributed by atoms with van der Waals surface area (Å²) in [7, 11) is 0. The van der Waals surface area contributed by atoms with E-state index in [4.69, 9.17) is 9.84 Å². The maximum absolute atomic E-state index is 10.8. The van der Waals surface area contributed by atoms with Crippen LogP contribution in [-0.2, 0) is 0 Å². The van der Waals surface area contributed by atoms with Crippen LogP contribution in [0.25, 0.3) is 0 Å². The van der Waals surface area contributed by atoms with Gasteiger partial charge in [0.05, 0.1) is 25.0 Å². The van der Waals surface area contributed by atoms with E-state index in [9.17, 15) is 4.79 Å². The maximum atomic E-state index is 10.8. The molecule has 1 unspecified atom stereocenters. The third kappa shape index (κ3) is 3.94. The molecule has 0 aliphatic heterocycles. The second kappa shape index (κ2) is 7.40. The number of ether oxygens (including phenoxy) is 1. The van der Waals surface area contributed by atoms with Crippen molar-refractivity contribution in [3.8, 4) is 5.75 Å². The SMILES string of the molecule is CCOc1ccc(C(CC)Nc2cnc(C(=O)O)cn2)cc1. The number of aromatic carboxylic acids is 1. The Morgan fingerprint density at radius 3 is 2.45 bits per heavy atom. The van der Waals surface area contributed by atoms with E-state index in [1.165, 1.54) is 12.4 Å². The molecule has 1 atom stereocenters. The number of benzene rings is 1. The molecule has 0 saturated heterocycles. The fourth-order valence-electron chi connectivity index (χ4n) is 2.08. The van der Waals surface area contributed by atoms with Gasteiger partial charge in [0.2, 0.25) is 0 Å². The van der Waals surface area contributed by atoms with Gasteiger partial charge in [-0.3, -0.25) is 0 Å². The van der Waals surface area contributed by atoms with E-state index in [2.05, 4.69) is 22.2 Å². The van der Waals surface area contributed by atoms with Crippen molar-refractivity contribution < 1.29 is 14.6 Å². The summed E-state index contributed by atoms with van der Waals surface area (Å²) in [4.78, 5) is 18.7. The van der Waals surface area contributed by atoms with Crippen molar-refractivity contribution in [1.82, 2.24) is 9.97 Å². The molecule has 6 heteroatoms. The first kappa shape index (κ1) is 15.8. The van der Waals surface area contributed by atoms with E-state index in [1.807, 2.05) is 31.2 Å². The molecule has 0 aliphatic carbocycles. The van der Waals surface area contributed by atoms with E-state index < -0.39 is 5.97 Å². The third-order valence-corrected chi connectivity index (χ3v) is 3.19. The summed E-state index contributed by atoms with van der Waals surface area (Å²) >= 11 is 0. The van der Waals surface area contributed by atoms with E-state index in [1.54, 1.807) is 0 Å². The number of carboxylic acids is 1. The van der Waals surface area contributed by atoms with Gasteiger partial charge in [-0.25, -0.2) is 14.8 Å². The molecule has 0 radical (unpaired) electrons. The van der Waals surface area contributed by atoms with Crippen molar-refractivity contribution in [3.05, 3.63) is 47.9 Å². The highest BCUT2D eigenvalue weighted by molar-refractivity contribution is 5.84. The second-order valence-corrected chi connectivity index (χ2v) is 4.70. The van der Waals surface area contributed by atoms with Crippen LogP contribution in [0.2, 0.25) is 0 Å². The van der Waals surface area contributed by atoms with Gasteiger partial charge < -0.3 is 15.2 Å². The van der Waals surface area contributed by atoms with E-state index >= 15 is 0 Å². The molecule has 22 heavy (non-hydrogen) atoms. The van der Waals surface area contributed by atoms with Crippen LogP contribution in [0.5, 0.6) is 5.75 Å². The quantitative estimate of drug-likeness (QED) is 0.817. The summed E-state index contributed by atoms with van der Waals surface area (Å²) < 4.78 is 5.43. The molecule has 2 aromatic rings. The first-order valence-electron chi connectivity index (χ1n) is 7.18. The number of hydrogen-bond donors (Lipinski definition) is 2. The predicted octanol–water partition coefficient (Wildman–Crippen LogP) is 3.14. The smallest absolute Gasteiger partial charge is 0.356 e. The van der Waals surface area contributed by atoms with Gasteiger partial charge >= 0.3 is 5.97 Å². The lowest BCUT2D eigenvalue weighted by molar-refractivity contribution is 0.0690. The Hall–Kier alpha value is -2.63. The topological polar surface area (TPSA) is 84.3 Å². The van der Waals surface area contributed by atoms with Crippen LogP contribution >= 0.6 is 0 Å². The molecule has 0 amide bonds. The molecular formula is C16H19N3O3. The van der Waals surface area contributed by atoms with Crippen LogP contribution in [0.1, 0.15) is 42.4 Å². The molecule has 0 fully saturated rings. The minimum absolute atomic E-state index is 0.0698. The number of rotatable bonds is 7. The number of aromatic nitrogens is 2. The summed E-state index contributed by atoms with van der Waals surface area (Å²) in [5.74, 6) is 0.301. The van der Waals surface area contributed by atoms with Crippen LogP contribution in [-0.4, -0.2) is 27.7 Å². The first-order chi connectivity index (χ1) is 10.6. The highest BCUT2D eigenvalue weighted by Crippen LogP contribution is 2.23. The zero-order valence-corrected chi connectivity index (χ0v) is 12.6. The third-order valence-electron chi connectivity index (χ3n) is 3.19. The van der Waals surface area contributed by atoms with Crippen LogP contribution in [0.4, 0.5) is 5.82 Å². The number of carbonyl (C=O) groups is 1. The van der Waals surface area contributed by atoms with Crippen molar-refractivity contribution in [2.75, 3.05) is 11.9 Å². The van der Waals surface area contributed by atoms with Crippen molar-refractivity contribution in [2.45, 2.75) is 26.3 Å². The first-order valence-corrected chi connectivity index (χ1v) is 7.18. The Kier molecular flexibility index (Phi) is 5.30. The van der Waals surface area contributed by atoms with E-state index in [0.29, 0.717) is 12.4 Å². The van der Waals surface area contributed by atoms with Gasteiger partial charge in [0.1, 0.15) is 11.6 Å². The van der Waals surface area contributed by atoms with Gasteiger partial charge in [-0.1, -0.05) is 19.1 Å². The summed E-state index contributed by atoms with van der Waals surface area (Å²) in [6, 6.07) is 7.95. The molecule has 2 N–H and O–H groups in total. The van der Waals surface area contributed by atoms with Gasteiger partial charge in [-0.15, -0.1) is 0 Å². The molecule has 2 rings (SSSR count). The molecule has 6 nitrogen and oxygen atoms in total. The molecular weight excluding hydrogens is 282 g/mol. The average molecular weight is 301 g/mol. The summed E-state index contributed by atoms with van der Waals surface area (Å²) in [6.07, 6.45) is 3.53. The monoisotopic (exact) mass is 301 g/mol. The highest BCUT2D eigenvalue weighted by Gasteiger charge is 2.11. The Labute approximate surface area is 129 Å². The molecule has 0 aliphatic rings. The standard InChI is InChI=1S/C16H19N3O3/c1-3-13(11-5-7-12(8-6-11)22-4-2)19-15-10-17-14(9-18-15)16(20)21/h5-10,13H,3-4H2,1-2H3,(H,18,19)(H,20,21). The van der Waals surface area contributed by atoms with Crippen molar-refractivity contribution in [2.24, 2.45) is 0 Å². The lowest BCUT2D eigenvalue weighted by atomic mass is 10.0. The second-order valence-electron chi connectivity index (χ2n) is 4.70. The Balaban J connectivity index is 2.09. The lowest BCUT2D eigenvalue weighted by Crippen LogP contribution is -2.12. The summed E-state index contributed by atoms with van der Waals surface area (Å²) in [6.45, 7) is 4.65. The largest absolute Gasteiger partial charge is 0.494 e. The van der Waals surface area contributed by atoms with Crippen LogP contribution < -0.4 is 10.1 Å². The summed E-state index contributed by atoms with van der Waals surface area (Å²) in [5.41, 5.74) is 1.04. The van der Waals surface area contributed by atoms with Crippen LogP contribution in [0, 0.1) is 0 Å². The highest BCUT2D eigenvalue weighted by atomic mass is 16.5. The zero-order chi connectivity index (χ0) is 15.9. The molecule has 1 heterocycles. The number of carboxylic acid groups (broad SMARTS) is 1. The van der Waals surface area contributed by atoms with Crippen LogP contribution in [0.3, 0.4) is 0 Å². The molecule has 0 spiro atoms. The molecule has 0 bridgehead atoms. The number of nitrogens with zero attached hydrogens (tertiary/aromatic N) is 2. The van der Waals surface area contributed by atoms with Gasteiger partial charge in [-0.2, -0.15) is 0 Å². The Bertz CT molecular complexity index is 612. The minimum atomic E-state index is -1.09. The summed E-state index contributed by atoms with van der Waals surface area (Å²) in [5, 5.41) is 12.1. The maximum Gasteiger partial charge on any atom is 0.356 e.